The van der Waals surface area contributed by atoms with Crippen LogP contribution in [0.25, 0.3) is 0 Å². The summed E-state index contributed by atoms with van der Waals surface area (Å²) in [6.07, 6.45) is 3.50. The number of pyridine rings is 1. The molecule has 7 heteroatoms. The summed E-state index contributed by atoms with van der Waals surface area (Å²) >= 11 is 0. The summed E-state index contributed by atoms with van der Waals surface area (Å²) in [5, 5.41) is 8.97. The normalized spacial score (nSPS) is 14.0. The number of nitrogens with zero attached hydrogens (tertiary/aromatic N) is 2. The van der Waals surface area contributed by atoms with Crippen LogP contribution in [0.2, 0.25) is 0 Å². The second-order valence-corrected chi connectivity index (χ2v) is 8.15. The van der Waals surface area contributed by atoms with Crippen molar-refractivity contribution in [2.24, 2.45) is 0 Å². The van der Waals surface area contributed by atoms with Gasteiger partial charge in [-0.25, -0.2) is 9.59 Å². The van der Waals surface area contributed by atoms with Crippen LogP contribution in [0.4, 0.5) is 4.79 Å². The molecule has 1 fully saturated rings. The average molecular weight is 447 g/mol. The molecule has 0 saturated carbocycles. The Balaban J connectivity index is 1.24. The van der Waals surface area contributed by atoms with Crippen LogP contribution in [-0.4, -0.2) is 46.2 Å². The van der Waals surface area contributed by atoms with Gasteiger partial charge in [0.1, 0.15) is 17.6 Å². The predicted molar refractivity (Wildman–Crippen MR) is 123 cm³/mol. The number of aromatic nitrogens is 1. The number of carboxylic acids is 1. The zero-order chi connectivity index (χ0) is 23.2. The Morgan fingerprint density at radius 2 is 1.67 bits per heavy atom. The number of amides is 1. The Bertz CT molecular complexity index is 1100. The number of hydrogen-bond acceptors (Lipinski definition) is 5. The van der Waals surface area contributed by atoms with Crippen LogP contribution in [0.15, 0.2) is 66.9 Å². The maximum absolute atomic E-state index is 12.5. The molecule has 0 atom stereocenters. The number of piperidine rings is 1. The second-order valence-electron chi connectivity index (χ2n) is 8.15. The number of ether oxygens (including phenoxy) is 2. The molecule has 33 heavy (non-hydrogen) atoms. The number of benzene rings is 2. The highest BCUT2D eigenvalue weighted by Gasteiger charge is 2.25. The number of aryl methyl sites for hydroxylation is 1. The van der Waals surface area contributed by atoms with Gasteiger partial charge in [0, 0.05) is 44.2 Å². The molecule has 2 heterocycles. The lowest BCUT2D eigenvalue weighted by atomic mass is 10.1. The van der Waals surface area contributed by atoms with E-state index in [1.54, 1.807) is 29.2 Å². The molecule has 0 radical (unpaired) electrons. The molecule has 1 aromatic heterocycles. The first-order valence-electron chi connectivity index (χ1n) is 10.9. The van der Waals surface area contributed by atoms with Crippen LogP contribution in [-0.2, 0) is 6.42 Å². The summed E-state index contributed by atoms with van der Waals surface area (Å²) in [5.41, 5.74) is 3.50. The van der Waals surface area contributed by atoms with E-state index in [9.17, 15) is 9.59 Å². The molecular formula is C26H26N2O5. The number of likely N-dealkylation sites (tertiary alicyclic amines) is 1. The van der Waals surface area contributed by atoms with Crippen molar-refractivity contribution in [3.8, 4) is 11.5 Å². The van der Waals surface area contributed by atoms with Crippen molar-refractivity contribution in [1.29, 1.82) is 0 Å². The SMILES string of the molecule is Cc1ccnc(Cc2ccc(OC(=O)N3CCC(Oc4ccc(C(=O)O)cc4)CC3)cc2)c1. The van der Waals surface area contributed by atoms with Crippen molar-refractivity contribution in [1.82, 2.24) is 9.88 Å². The summed E-state index contributed by atoms with van der Waals surface area (Å²) in [6.45, 7) is 3.11. The molecule has 0 aliphatic carbocycles. The molecule has 0 spiro atoms. The Morgan fingerprint density at radius 3 is 2.30 bits per heavy atom. The number of carbonyl (C=O) groups is 2. The van der Waals surface area contributed by atoms with Gasteiger partial charge in [-0.2, -0.15) is 0 Å². The average Bonchev–Trinajstić information content (AvgIpc) is 2.81. The third-order valence-electron chi connectivity index (χ3n) is 5.59. The molecule has 1 amide bonds. The quantitative estimate of drug-likeness (QED) is 0.589. The minimum absolute atomic E-state index is 0.0285. The first-order valence-corrected chi connectivity index (χ1v) is 10.9. The maximum Gasteiger partial charge on any atom is 0.415 e. The fraction of sp³-hybridized carbons (Fsp3) is 0.269. The number of carboxylic acid groups (broad SMARTS) is 1. The number of hydrogen-bond donors (Lipinski definition) is 1. The summed E-state index contributed by atoms with van der Waals surface area (Å²) in [5.74, 6) is 0.172. The van der Waals surface area contributed by atoms with E-state index in [4.69, 9.17) is 14.6 Å². The van der Waals surface area contributed by atoms with E-state index in [0.29, 0.717) is 37.4 Å². The summed E-state index contributed by atoms with van der Waals surface area (Å²) in [4.78, 5) is 29.5. The van der Waals surface area contributed by atoms with E-state index in [0.717, 1.165) is 17.7 Å². The van der Waals surface area contributed by atoms with Gasteiger partial charge in [-0.1, -0.05) is 12.1 Å². The Hall–Kier alpha value is -3.87. The third kappa shape index (κ3) is 6.10. The van der Waals surface area contributed by atoms with Crippen molar-refractivity contribution in [2.75, 3.05) is 13.1 Å². The first-order chi connectivity index (χ1) is 16.0. The predicted octanol–water partition coefficient (Wildman–Crippen LogP) is 4.72. The molecule has 0 bridgehead atoms. The van der Waals surface area contributed by atoms with Crippen LogP contribution in [0, 0.1) is 6.92 Å². The summed E-state index contributed by atoms with van der Waals surface area (Å²) in [7, 11) is 0. The van der Waals surface area contributed by atoms with Crippen molar-refractivity contribution in [3.05, 3.63) is 89.2 Å². The monoisotopic (exact) mass is 446 g/mol. The van der Waals surface area contributed by atoms with Gasteiger partial charge < -0.3 is 19.5 Å². The van der Waals surface area contributed by atoms with Gasteiger partial charge in [0.25, 0.3) is 0 Å². The van der Waals surface area contributed by atoms with Gasteiger partial charge in [-0.15, -0.1) is 0 Å². The molecule has 1 saturated heterocycles. The van der Waals surface area contributed by atoms with E-state index < -0.39 is 5.97 Å². The van der Waals surface area contributed by atoms with E-state index >= 15 is 0 Å². The van der Waals surface area contributed by atoms with Crippen LogP contribution in [0.5, 0.6) is 11.5 Å². The number of aromatic carboxylic acids is 1. The van der Waals surface area contributed by atoms with Crippen LogP contribution >= 0.6 is 0 Å². The third-order valence-corrected chi connectivity index (χ3v) is 5.59. The fourth-order valence-electron chi connectivity index (χ4n) is 3.77. The Morgan fingerprint density at radius 1 is 1.00 bits per heavy atom. The lowest BCUT2D eigenvalue weighted by Gasteiger charge is -2.31. The second kappa shape index (κ2) is 10.2. The first kappa shape index (κ1) is 22.3. The topological polar surface area (TPSA) is 89.0 Å². The lowest BCUT2D eigenvalue weighted by molar-refractivity contribution is 0.0696. The van der Waals surface area contributed by atoms with Gasteiger partial charge in [0.2, 0.25) is 0 Å². The Kier molecular flexibility index (Phi) is 6.88. The molecule has 3 aromatic rings. The Labute approximate surface area is 192 Å². The van der Waals surface area contributed by atoms with Crippen molar-refractivity contribution in [3.63, 3.8) is 0 Å². The van der Waals surface area contributed by atoms with Crippen molar-refractivity contribution in [2.45, 2.75) is 32.3 Å². The summed E-state index contributed by atoms with van der Waals surface area (Å²) in [6, 6.07) is 17.9. The highest BCUT2D eigenvalue weighted by atomic mass is 16.6. The van der Waals surface area contributed by atoms with E-state index in [1.807, 2.05) is 31.3 Å². The molecule has 1 N–H and O–H groups in total. The largest absolute Gasteiger partial charge is 0.490 e. The molecule has 4 rings (SSSR count). The lowest BCUT2D eigenvalue weighted by Crippen LogP contribution is -2.43. The van der Waals surface area contributed by atoms with Crippen LogP contribution in [0.1, 0.15) is 40.0 Å². The number of rotatable bonds is 6. The molecule has 7 nitrogen and oxygen atoms in total. The minimum Gasteiger partial charge on any atom is -0.490 e. The highest BCUT2D eigenvalue weighted by molar-refractivity contribution is 5.87. The van der Waals surface area contributed by atoms with E-state index in [-0.39, 0.29) is 17.8 Å². The standard InChI is InChI=1S/C26H26N2O5/c1-18-10-13-27-21(16-18)17-19-2-6-23(7-3-19)33-26(31)28-14-11-24(12-15-28)32-22-8-4-20(5-9-22)25(29)30/h2-10,13,16,24H,11-12,14-15,17H2,1H3,(H,29,30). The van der Waals surface area contributed by atoms with Crippen molar-refractivity contribution < 1.29 is 24.2 Å². The molecule has 170 valence electrons. The molecule has 1 aliphatic rings. The van der Waals surface area contributed by atoms with Gasteiger partial charge in [-0.05, 0) is 66.6 Å². The molecule has 0 unspecified atom stereocenters. The maximum atomic E-state index is 12.5. The van der Waals surface area contributed by atoms with Crippen LogP contribution in [0.3, 0.4) is 0 Å². The highest BCUT2D eigenvalue weighted by Crippen LogP contribution is 2.21. The molecule has 2 aromatic carbocycles. The van der Waals surface area contributed by atoms with E-state index in [1.165, 1.54) is 17.7 Å². The van der Waals surface area contributed by atoms with Gasteiger partial charge >= 0.3 is 12.1 Å². The van der Waals surface area contributed by atoms with Gasteiger partial charge in [0.15, 0.2) is 0 Å². The smallest absolute Gasteiger partial charge is 0.415 e. The minimum atomic E-state index is -0.966. The van der Waals surface area contributed by atoms with Gasteiger partial charge in [0.05, 0.1) is 5.56 Å². The van der Waals surface area contributed by atoms with E-state index in [2.05, 4.69) is 11.1 Å². The van der Waals surface area contributed by atoms with Crippen LogP contribution < -0.4 is 9.47 Å². The molecular weight excluding hydrogens is 420 g/mol. The zero-order valence-corrected chi connectivity index (χ0v) is 18.4. The van der Waals surface area contributed by atoms with Gasteiger partial charge in [-0.3, -0.25) is 4.98 Å². The fourth-order valence-corrected chi connectivity index (χ4v) is 3.77. The number of carbonyl (C=O) groups excluding carboxylic acids is 1. The zero-order valence-electron chi connectivity index (χ0n) is 18.4. The molecule has 1 aliphatic heterocycles. The van der Waals surface area contributed by atoms with Crippen molar-refractivity contribution >= 4 is 12.1 Å². The summed E-state index contributed by atoms with van der Waals surface area (Å²) < 4.78 is 11.5.